The first-order valence-electron chi connectivity index (χ1n) is 7.42. The molecule has 1 unspecified atom stereocenters. The van der Waals surface area contributed by atoms with Crippen molar-refractivity contribution in [1.29, 1.82) is 0 Å². The summed E-state index contributed by atoms with van der Waals surface area (Å²) in [6.07, 6.45) is 3.24. The number of hydrogen-bond donors (Lipinski definition) is 2. The number of amides is 1. The molecule has 0 bridgehead atoms. The zero-order valence-electron chi connectivity index (χ0n) is 12.3. The van der Waals surface area contributed by atoms with Crippen LogP contribution in [0.15, 0.2) is 24.3 Å². The van der Waals surface area contributed by atoms with Gasteiger partial charge in [0, 0.05) is 13.1 Å². The van der Waals surface area contributed by atoms with Crippen LogP contribution in [0, 0.1) is 0 Å². The average Bonchev–Trinajstić information content (AvgIpc) is 2.61. The van der Waals surface area contributed by atoms with Crippen LogP contribution in [0.2, 0.25) is 0 Å². The van der Waals surface area contributed by atoms with Gasteiger partial charge in [-0.15, -0.1) is 0 Å². The van der Waals surface area contributed by atoms with Gasteiger partial charge in [0.05, 0.1) is 12.1 Å². The van der Waals surface area contributed by atoms with Crippen molar-refractivity contribution in [2.24, 2.45) is 0 Å². The van der Waals surface area contributed by atoms with E-state index in [2.05, 4.69) is 16.7 Å². The molecule has 0 spiro atoms. The van der Waals surface area contributed by atoms with Gasteiger partial charge >= 0.3 is 0 Å². The van der Waals surface area contributed by atoms with E-state index in [0.29, 0.717) is 6.54 Å². The molecular formula is C16H24N2O2. The third kappa shape index (κ3) is 4.53. The van der Waals surface area contributed by atoms with Crippen molar-refractivity contribution in [2.45, 2.75) is 51.8 Å². The third-order valence-electron chi connectivity index (χ3n) is 3.36. The monoisotopic (exact) mass is 276 g/mol. The molecule has 1 heterocycles. The van der Waals surface area contributed by atoms with E-state index in [1.54, 1.807) is 0 Å². The Morgan fingerprint density at radius 1 is 1.40 bits per heavy atom. The van der Waals surface area contributed by atoms with E-state index in [9.17, 15) is 4.79 Å². The highest BCUT2D eigenvalue weighted by Gasteiger charge is 2.19. The highest BCUT2D eigenvalue weighted by atomic mass is 16.5. The number of benzene rings is 1. The van der Waals surface area contributed by atoms with Crippen molar-refractivity contribution in [3.8, 4) is 5.75 Å². The zero-order chi connectivity index (χ0) is 14.4. The number of carbonyl (C=O) groups excluding carboxylic acids is 1. The third-order valence-corrected chi connectivity index (χ3v) is 3.36. The number of hydrogen-bond acceptors (Lipinski definition) is 3. The van der Waals surface area contributed by atoms with E-state index < -0.39 is 0 Å². The Balaban J connectivity index is 1.91. The first-order chi connectivity index (χ1) is 9.65. The van der Waals surface area contributed by atoms with E-state index in [-0.39, 0.29) is 18.1 Å². The van der Waals surface area contributed by atoms with Crippen LogP contribution in [-0.2, 0) is 11.3 Å². The minimum absolute atomic E-state index is 0.0767. The Labute approximate surface area is 120 Å². The normalized spacial score (nSPS) is 19.6. The van der Waals surface area contributed by atoms with Crippen molar-refractivity contribution in [3.05, 3.63) is 29.8 Å². The molecule has 2 N–H and O–H groups in total. The van der Waals surface area contributed by atoms with Gasteiger partial charge in [-0.2, -0.15) is 0 Å². The van der Waals surface area contributed by atoms with Gasteiger partial charge in [0.2, 0.25) is 5.91 Å². The highest BCUT2D eigenvalue weighted by molar-refractivity contribution is 5.81. The molecule has 0 radical (unpaired) electrons. The minimum atomic E-state index is -0.0767. The van der Waals surface area contributed by atoms with Crippen molar-refractivity contribution in [3.63, 3.8) is 0 Å². The van der Waals surface area contributed by atoms with Gasteiger partial charge in [-0.1, -0.05) is 12.1 Å². The first kappa shape index (κ1) is 14.9. The summed E-state index contributed by atoms with van der Waals surface area (Å²) in [5.74, 6) is 1.00. The van der Waals surface area contributed by atoms with Gasteiger partial charge in [0.25, 0.3) is 0 Å². The summed E-state index contributed by atoms with van der Waals surface area (Å²) in [5.41, 5.74) is 1.14. The number of ether oxygens (including phenoxy) is 1. The van der Waals surface area contributed by atoms with Crippen LogP contribution in [0.3, 0.4) is 0 Å². The molecule has 1 saturated heterocycles. The second-order valence-electron chi connectivity index (χ2n) is 5.53. The summed E-state index contributed by atoms with van der Waals surface area (Å²) >= 11 is 0. The Morgan fingerprint density at radius 2 is 2.25 bits per heavy atom. The summed E-state index contributed by atoms with van der Waals surface area (Å²) in [5, 5.41) is 6.28. The largest absolute Gasteiger partial charge is 0.491 e. The SMILES string of the molecule is CC(C)Oc1cccc(CNC2CCCCNC2=O)c1. The molecule has 4 nitrogen and oxygen atoms in total. The van der Waals surface area contributed by atoms with E-state index in [0.717, 1.165) is 37.1 Å². The van der Waals surface area contributed by atoms with Crippen LogP contribution < -0.4 is 15.4 Å². The summed E-state index contributed by atoms with van der Waals surface area (Å²) in [6.45, 7) is 5.52. The number of nitrogens with one attached hydrogen (secondary N) is 2. The zero-order valence-corrected chi connectivity index (χ0v) is 12.3. The molecule has 2 rings (SSSR count). The Bertz CT molecular complexity index is 446. The lowest BCUT2D eigenvalue weighted by molar-refractivity contribution is -0.122. The standard InChI is InChI=1S/C16H24N2O2/c1-12(2)20-14-7-5-6-13(10-14)11-18-15-8-3-4-9-17-16(15)19/h5-7,10,12,15,18H,3-4,8-9,11H2,1-2H3,(H,17,19). The maximum absolute atomic E-state index is 11.8. The molecule has 20 heavy (non-hydrogen) atoms. The van der Waals surface area contributed by atoms with Crippen molar-refractivity contribution in [1.82, 2.24) is 10.6 Å². The van der Waals surface area contributed by atoms with Gasteiger partial charge in [0.1, 0.15) is 5.75 Å². The molecule has 1 amide bonds. The predicted octanol–water partition coefficient (Wildman–Crippen LogP) is 2.23. The van der Waals surface area contributed by atoms with Crippen LogP contribution in [0.1, 0.15) is 38.7 Å². The number of carbonyl (C=O) groups is 1. The van der Waals surface area contributed by atoms with Crippen LogP contribution in [0.4, 0.5) is 0 Å². The fourth-order valence-corrected chi connectivity index (χ4v) is 2.38. The van der Waals surface area contributed by atoms with Crippen LogP contribution in [-0.4, -0.2) is 24.6 Å². The van der Waals surface area contributed by atoms with Crippen molar-refractivity contribution in [2.75, 3.05) is 6.54 Å². The second kappa shape index (κ2) is 7.29. The molecule has 4 heteroatoms. The quantitative estimate of drug-likeness (QED) is 0.867. The summed E-state index contributed by atoms with van der Waals surface area (Å²) in [4.78, 5) is 11.8. The maximum Gasteiger partial charge on any atom is 0.237 e. The predicted molar refractivity (Wildman–Crippen MR) is 79.7 cm³/mol. The van der Waals surface area contributed by atoms with E-state index in [1.165, 1.54) is 0 Å². The topological polar surface area (TPSA) is 50.4 Å². The molecule has 0 aromatic heterocycles. The van der Waals surface area contributed by atoms with Gasteiger partial charge in [0.15, 0.2) is 0 Å². The molecule has 0 saturated carbocycles. The molecular weight excluding hydrogens is 252 g/mol. The molecule has 110 valence electrons. The molecule has 0 aliphatic carbocycles. The molecule has 1 atom stereocenters. The molecule has 1 aromatic carbocycles. The average molecular weight is 276 g/mol. The van der Waals surface area contributed by atoms with Crippen molar-refractivity contribution >= 4 is 5.91 Å². The van der Waals surface area contributed by atoms with E-state index in [4.69, 9.17) is 4.74 Å². The maximum atomic E-state index is 11.8. The van der Waals surface area contributed by atoms with Crippen LogP contribution in [0.5, 0.6) is 5.75 Å². The van der Waals surface area contributed by atoms with Gasteiger partial charge in [-0.3, -0.25) is 4.79 Å². The molecule has 1 aliphatic heterocycles. The minimum Gasteiger partial charge on any atom is -0.491 e. The highest BCUT2D eigenvalue weighted by Crippen LogP contribution is 2.15. The lowest BCUT2D eigenvalue weighted by Crippen LogP contribution is -2.42. The van der Waals surface area contributed by atoms with Gasteiger partial charge in [-0.05, 0) is 50.8 Å². The van der Waals surface area contributed by atoms with Gasteiger partial charge in [-0.25, -0.2) is 0 Å². The molecule has 1 aliphatic rings. The van der Waals surface area contributed by atoms with E-state index >= 15 is 0 Å². The fraction of sp³-hybridized carbons (Fsp3) is 0.562. The molecule has 1 aromatic rings. The Hall–Kier alpha value is -1.55. The molecule has 1 fully saturated rings. The lowest BCUT2D eigenvalue weighted by Gasteiger charge is -2.16. The number of rotatable bonds is 5. The Kier molecular flexibility index (Phi) is 5.41. The summed E-state index contributed by atoms with van der Waals surface area (Å²) in [7, 11) is 0. The smallest absolute Gasteiger partial charge is 0.237 e. The Morgan fingerprint density at radius 3 is 3.05 bits per heavy atom. The van der Waals surface area contributed by atoms with Crippen LogP contribution in [0.25, 0.3) is 0 Å². The first-order valence-corrected chi connectivity index (χ1v) is 7.42. The summed E-state index contributed by atoms with van der Waals surface area (Å²) in [6, 6.07) is 7.95. The second-order valence-corrected chi connectivity index (χ2v) is 5.53. The lowest BCUT2D eigenvalue weighted by atomic mass is 10.1. The van der Waals surface area contributed by atoms with Crippen molar-refractivity contribution < 1.29 is 9.53 Å². The summed E-state index contributed by atoms with van der Waals surface area (Å²) < 4.78 is 5.68. The van der Waals surface area contributed by atoms with Gasteiger partial charge < -0.3 is 15.4 Å². The van der Waals surface area contributed by atoms with Crippen LogP contribution >= 0.6 is 0 Å². The fourth-order valence-electron chi connectivity index (χ4n) is 2.38. The van der Waals surface area contributed by atoms with E-state index in [1.807, 2.05) is 32.0 Å².